The molecule has 4 aromatic rings. The largest absolute Gasteiger partial charge is 0.508 e. The number of rotatable bonds is 3. The Bertz CT molecular complexity index is 1020. The number of aromatic nitrogens is 3. The molecule has 5 heteroatoms. The zero-order valence-electron chi connectivity index (χ0n) is 12.8. The predicted octanol–water partition coefficient (Wildman–Crippen LogP) is 3.42. The molecule has 0 amide bonds. The molecule has 0 aliphatic rings. The number of hydrogen-bond acceptors (Lipinski definition) is 4. The molecule has 4 rings (SSSR count). The number of phenolic OH excluding ortho intramolecular Hbond substituents is 2. The summed E-state index contributed by atoms with van der Waals surface area (Å²) < 4.78 is 1.93. The number of pyridine rings is 1. The van der Waals surface area contributed by atoms with Crippen LogP contribution >= 0.6 is 0 Å². The smallest absolute Gasteiger partial charge is 0.164 e. The van der Waals surface area contributed by atoms with E-state index in [1.54, 1.807) is 36.5 Å². The first kappa shape index (κ1) is 14.3. The van der Waals surface area contributed by atoms with Gasteiger partial charge in [0.05, 0.1) is 5.69 Å². The van der Waals surface area contributed by atoms with Crippen molar-refractivity contribution >= 4 is 11.2 Å². The summed E-state index contributed by atoms with van der Waals surface area (Å²) in [6, 6.07) is 17.9. The summed E-state index contributed by atoms with van der Waals surface area (Å²) in [6.45, 7) is 0. The van der Waals surface area contributed by atoms with Crippen LogP contribution in [-0.4, -0.2) is 24.7 Å². The van der Waals surface area contributed by atoms with Crippen LogP contribution < -0.4 is 0 Å². The van der Waals surface area contributed by atoms with Gasteiger partial charge in [0.1, 0.15) is 22.8 Å². The van der Waals surface area contributed by atoms with Crippen molar-refractivity contribution in [3.63, 3.8) is 0 Å². The molecule has 118 valence electrons. The Morgan fingerprint density at radius 1 is 0.875 bits per heavy atom. The van der Waals surface area contributed by atoms with Crippen molar-refractivity contribution in [1.82, 2.24) is 14.5 Å². The lowest BCUT2D eigenvalue weighted by Crippen LogP contribution is -2.03. The molecular formula is C19H15N3O2. The van der Waals surface area contributed by atoms with Gasteiger partial charge < -0.3 is 10.2 Å². The maximum absolute atomic E-state index is 9.81. The van der Waals surface area contributed by atoms with E-state index in [9.17, 15) is 10.2 Å². The third-order valence-electron chi connectivity index (χ3n) is 3.85. The van der Waals surface area contributed by atoms with Gasteiger partial charge in [-0.3, -0.25) is 4.57 Å². The van der Waals surface area contributed by atoms with Gasteiger partial charge in [0.2, 0.25) is 0 Å². The van der Waals surface area contributed by atoms with Crippen LogP contribution in [0.3, 0.4) is 0 Å². The van der Waals surface area contributed by atoms with E-state index < -0.39 is 0 Å². The third-order valence-corrected chi connectivity index (χ3v) is 3.85. The van der Waals surface area contributed by atoms with Crippen LogP contribution in [0.15, 0.2) is 66.9 Å². The summed E-state index contributed by atoms with van der Waals surface area (Å²) in [6.07, 6.45) is 2.27. The van der Waals surface area contributed by atoms with Gasteiger partial charge in [0.15, 0.2) is 5.65 Å². The second-order valence-electron chi connectivity index (χ2n) is 5.58. The van der Waals surface area contributed by atoms with Crippen LogP contribution in [0.1, 0.15) is 11.4 Å². The van der Waals surface area contributed by atoms with Crippen molar-refractivity contribution < 1.29 is 10.2 Å². The van der Waals surface area contributed by atoms with Gasteiger partial charge in [-0.25, -0.2) is 9.97 Å². The van der Waals surface area contributed by atoms with Gasteiger partial charge in [0.25, 0.3) is 0 Å². The van der Waals surface area contributed by atoms with Crippen LogP contribution in [0.4, 0.5) is 0 Å². The number of phenols is 2. The Morgan fingerprint density at radius 3 is 2.46 bits per heavy atom. The Balaban J connectivity index is 1.90. The highest BCUT2D eigenvalue weighted by molar-refractivity contribution is 5.74. The monoisotopic (exact) mass is 317 g/mol. The van der Waals surface area contributed by atoms with E-state index in [0.717, 1.165) is 28.2 Å². The zero-order chi connectivity index (χ0) is 16.5. The predicted molar refractivity (Wildman–Crippen MR) is 91.4 cm³/mol. The molecule has 0 unspecified atom stereocenters. The molecule has 0 saturated heterocycles. The molecule has 0 atom stereocenters. The molecular weight excluding hydrogens is 302 g/mol. The van der Waals surface area contributed by atoms with Crippen LogP contribution in [0.2, 0.25) is 0 Å². The van der Waals surface area contributed by atoms with Crippen LogP contribution in [0, 0.1) is 0 Å². The first-order valence-electron chi connectivity index (χ1n) is 7.60. The highest BCUT2D eigenvalue weighted by atomic mass is 16.3. The second-order valence-corrected chi connectivity index (χ2v) is 5.58. The number of imidazole rings is 1. The van der Waals surface area contributed by atoms with Crippen molar-refractivity contribution in [2.45, 2.75) is 6.42 Å². The lowest BCUT2D eigenvalue weighted by molar-refractivity contribution is 0.474. The molecule has 2 N–H and O–H groups in total. The number of fused-ring (bicyclic) bond motifs is 1. The number of nitrogens with zero attached hydrogens (tertiary/aromatic N) is 3. The van der Waals surface area contributed by atoms with Gasteiger partial charge >= 0.3 is 0 Å². The minimum Gasteiger partial charge on any atom is -0.508 e. The molecule has 0 bridgehead atoms. The molecule has 0 spiro atoms. The fraction of sp³-hybridized carbons (Fsp3) is 0.0526. The lowest BCUT2D eigenvalue weighted by atomic mass is 10.1. The van der Waals surface area contributed by atoms with Crippen LogP contribution in [0.5, 0.6) is 11.5 Å². The molecule has 0 aliphatic carbocycles. The Hall–Kier alpha value is -3.34. The SMILES string of the molecule is Oc1cccc(Cc2nc3cccnc3n2-c2cccc(O)c2)c1. The number of aromatic hydroxyl groups is 2. The average molecular weight is 317 g/mol. The molecule has 0 aliphatic heterocycles. The summed E-state index contributed by atoms with van der Waals surface area (Å²) in [5, 5.41) is 19.5. The molecule has 2 heterocycles. The highest BCUT2D eigenvalue weighted by Crippen LogP contribution is 2.24. The van der Waals surface area contributed by atoms with Gasteiger partial charge in [-0.15, -0.1) is 0 Å². The van der Waals surface area contributed by atoms with Crippen molar-refractivity contribution in [3.05, 3.63) is 78.2 Å². The Morgan fingerprint density at radius 2 is 1.67 bits per heavy atom. The maximum atomic E-state index is 9.81. The average Bonchev–Trinajstić information content (AvgIpc) is 2.92. The number of benzene rings is 2. The first-order valence-corrected chi connectivity index (χ1v) is 7.60. The van der Waals surface area contributed by atoms with Crippen molar-refractivity contribution in [3.8, 4) is 17.2 Å². The highest BCUT2D eigenvalue weighted by Gasteiger charge is 2.14. The molecule has 24 heavy (non-hydrogen) atoms. The minimum absolute atomic E-state index is 0.189. The Labute approximate surface area is 138 Å². The summed E-state index contributed by atoms with van der Waals surface area (Å²) in [5.41, 5.74) is 3.27. The number of hydrogen-bond donors (Lipinski definition) is 2. The van der Waals surface area contributed by atoms with Gasteiger partial charge in [-0.2, -0.15) is 0 Å². The van der Waals surface area contributed by atoms with E-state index in [-0.39, 0.29) is 11.5 Å². The molecule has 2 aromatic carbocycles. The molecule has 2 aromatic heterocycles. The summed E-state index contributed by atoms with van der Waals surface area (Å²) in [5.74, 6) is 1.21. The van der Waals surface area contributed by atoms with E-state index in [4.69, 9.17) is 0 Å². The third kappa shape index (κ3) is 2.56. The topological polar surface area (TPSA) is 71.2 Å². The van der Waals surface area contributed by atoms with E-state index in [2.05, 4.69) is 9.97 Å². The summed E-state index contributed by atoms with van der Waals surface area (Å²) in [7, 11) is 0. The van der Waals surface area contributed by atoms with E-state index in [1.807, 2.05) is 34.9 Å². The van der Waals surface area contributed by atoms with Gasteiger partial charge in [-0.05, 0) is 42.0 Å². The second kappa shape index (κ2) is 5.70. The molecule has 0 fully saturated rings. The van der Waals surface area contributed by atoms with E-state index >= 15 is 0 Å². The lowest BCUT2D eigenvalue weighted by Gasteiger charge is -2.09. The first-order chi connectivity index (χ1) is 11.7. The fourth-order valence-corrected chi connectivity index (χ4v) is 2.83. The van der Waals surface area contributed by atoms with Crippen molar-refractivity contribution in [2.75, 3.05) is 0 Å². The van der Waals surface area contributed by atoms with Gasteiger partial charge in [-0.1, -0.05) is 18.2 Å². The van der Waals surface area contributed by atoms with Gasteiger partial charge in [0, 0.05) is 18.7 Å². The molecule has 5 nitrogen and oxygen atoms in total. The van der Waals surface area contributed by atoms with E-state index in [1.165, 1.54) is 0 Å². The minimum atomic E-state index is 0.189. The summed E-state index contributed by atoms with van der Waals surface area (Å²) >= 11 is 0. The standard InChI is InChI=1S/C19H15N3O2/c23-15-6-1-4-13(10-15)11-18-21-17-8-3-9-20-19(17)22(18)14-5-2-7-16(24)12-14/h1-10,12,23-24H,11H2. The van der Waals surface area contributed by atoms with E-state index in [0.29, 0.717) is 6.42 Å². The summed E-state index contributed by atoms with van der Waals surface area (Å²) in [4.78, 5) is 9.12. The van der Waals surface area contributed by atoms with Crippen LogP contribution in [0.25, 0.3) is 16.9 Å². The van der Waals surface area contributed by atoms with Crippen LogP contribution in [-0.2, 0) is 6.42 Å². The normalized spacial score (nSPS) is 11.0. The molecule has 0 radical (unpaired) electrons. The van der Waals surface area contributed by atoms with Crippen molar-refractivity contribution in [1.29, 1.82) is 0 Å². The fourth-order valence-electron chi connectivity index (χ4n) is 2.83. The maximum Gasteiger partial charge on any atom is 0.164 e. The molecule has 0 saturated carbocycles. The quantitative estimate of drug-likeness (QED) is 0.607. The Kier molecular flexibility index (Phi) is 3.39. The zero-order valence-corrected chi connectivity index (χ0v) is 12.8. The van der Waals surface area contributed by atoms with Crippen molar-refractivity contribution in [2.24, 2.45) is 0 Å².